The molecule has 0 aromatic heterocycles. The summed E-state index contributed by atoms with van der Waals surface area (Å²) in [5, 5.41) is 5.39. The molecule has 2 saturated heterocycles. The molecule has 2 fully saturated rings. The minimum atomic E-state index is -3.10. The lowest BCUT2D eigenvalue weighted by Crippen LogP contribution is -2.54. The van der Waals surface area contributed by atoms with Crippen LogP contribution in [0.3, 0.4) is 0 Å². The molecule has 11 heteroatoms. The largest absolute Gasteiger partial charge is 0.310 e. The Hall–Kier alpha value is -2.63. The molecule has 1 aromatic carbocycles. The first-order chi connectivity index (χ1) is 14.6. The second-order valence-corrected chi connectivity index (χ2v) is 10.5. The maximum absolute atomic E-state index is 12.9. The second kappa shape index (κ2) is 8.13. The molecule has 4 amide bonds. The van der Waals surface area contributed by atoms with Crippen molar-refractivity contribution >= 4 is 33.5 Å². The Bertz CT molecular complexity index is 1070. The van der Waals surface area contributed by atoms with E-state index in [0.717, 1.165) is 17.0 Å². The summed E-state index contributed by atoms with van der Waals surface area (Å²) in [5.41, 5.74) is 1.31. The van der Waals surface area contributed by atoms with Gasteiger partial charge in [0.15, 0.2) is 0 Å². The van der Waals surface area contributed by atoms with E-state index in [4.69, 9.17) is 0 Å². The summed E-state index contributed by atoms with van der Waals surface area (Å²) in [6.07, 6.45) is 1.41. The third-order valence-electron chi connectivity index (χ3n) is 5.75. The van der Waals surface area contributed by atoms with Gasteiger partial charge in [-0.25, -0.2) is 8.42 Å². The Labute approximate surface area is 179 Å². The molecule has 31 heavy (non-hydrogen) atoms. The van der Waals surface area contributed by atoms with Gasteiger partial charge in [0.25, 0.3) is 11.8 Å². The Morgan fingerprint density at radius 3 is 2.55 bits per heavy atom. The highest BCUT2D eigenvalue weighted by Crippen LogP contribution is 2.28. The fraction of sp³-hybridized carbons (Fsp3) is 0.500. The molecule has 2 atom stereocenters. The average Bonchev–Trinajstić information content (AvgIpc) is 2.91. The molecule has 166 valence electrons. The van der Waals surface area contributed by atoms with E-state index in [1.165, 1.54) is 6.26 Å². The van der Waals surface area contributed by atoms with E-state index in [2.05, 4.69) is 15.5 Å². The van der Waals surface area contributed by atoms with E-state index in [0.29, 0.717) is 19.6 Å². The first-order valence-electron chi connectivity index (χ1n) is 10.1. The molecule has 0 bridgehead atoms. The zero-order valence-corrected chi connectivity index (χ0v) is 17.9. The van der Waals surface area contributed by atoms with Crippen molar-refractivity contribution in [2.75, 3.05) is 31.6 Å². The van der Waals surface area contributed by atoms with Crippen LogP contribution >= 0.6 is 0 Å². The van der Waals surface area contributed by atoms with Gasteiger partial charge in [0.2, 0.25) is 11.8 Å². The Morgan fingerprint density at radius 1 is 1.10 bits per heavy atom. The second-order valence-electron chi connectivity index (χ2n) is 8.31. The zero-order valence-electron chi connectivity index (χ0n) is 17.1. The van der Waals surface area contributed by atoms with Crippen LogP contribution in [-0.2, 0) is 26.0 Å². The number of hydrogen-bond donors (Lipinski definition) is 2. The molecule has 10 nitrogen and oxygen atoms in total. The number of imide groups is 2. The molecule has 0 aliphatic carbocycles. The predicted octanol–water partition coefficient (Wildman–Crippen LogP) is -1.09. The number of nitrogens with one attached hydrogen (secondary N) is 2. The van der Waals surface area contributed by atoms with Gasteiger partial charge in [-0.15, -0.1) is 0 Å². The lowest BCUT2D eigenvalue weighted by atomic mass is 10.0. The van der Waals surface area contributed by atoms with Gasteiger partial charge in [-0.05, 0) is 24.1 Å². The molecule has 0 saturated carbocycles. The van der Waals surface area contributed by atoms with Crippen LogP contribution in [-0.4, -0.2) is 85.6 Å². The van der Waals surface area contributed by atoms with Gasteiger partial charge in [0, 0.05) is 44.9 Å². The first-order valence-corrected chi connectivity index (χ1v) is 12.2. The molecule has 1 aromatic rings. The van der Waals surface area contributed by atoms with Crippen molar-refractivity contribution in [2.45, 2.75) is 31.5 Å². The van der Waals surface area contributed by atoms with Gasteiger partial charge in [-0.3, -0.25) is 34.3 Å². The van der Waals surface area contributed by atoms with Crippen LogP contribution in [0.2, 0.25) is 0 Å². The number of piperidine rings is 1. The molecular formula is C20H24N4O6S. The number of sulfone groups is 1. The molecule has 4 rings (SSSR count). The Morgan fingerprint density at radius 2 is 1.84 bits per heavy atom. The number of hydrogen-bond acceptors (Lipinski definition) is 8. The highest BCUT2D eigenvalue weighted by atomic mass is 32.2. The molecule has 2 N–H and O–H groups in total. The van der Waals surface area contributed by atoms with E-state index in [-0.39, 0.29) is 35.8 Å². The highest BCUT2D eigenvalue weighted by Gasteiger charge is 2.44. The van der Waals surface area contributed by atoms with Gasteiger partial charge in [0.05, 0.1) is 16.9 Å². The first kappa shape index (κ1) is 21.6. The number of amides is 4. The third kappa shape index (κ3) is 4.53. The summed E-state index contributed by atoms with van der Waals surface area (Å²) in [4.78, 5) is 52.3. The average molecular weight is 449 g/mol. The van der Waals surface area contributed by atoms with Gasteiger partial charge >= 0.3 is 0 Å². The SMILES string of the molecule is CS(=O)(=O)CC1CN(Cc2ccc3c(c2)C(=O)N(C2CCC(=O)NC2=O)C3=O)CCN1. The van der Waals surface area contributed by atoms with Crippen molar-refractivity contribution in [1.29, 1.82) is 0 Å². The van der Waals surface area contributed by atoms with Crippen LogP contribution < -0.4 is 10.6 Å². The van der Waals surface area contributed by atoms with E-state index in [1.807, 2.05) is 0 Å². The molecule has 3 aliphatic rings. The third-order valence-corrected chi connectivity index (χ3v) is 6.76. The van der Waals surface area contributed by atoms with Crippen molar-refractivity contribution in [3.63, 3.8) is 0 Å². The quantitative estimate of drug-likeness (QED) is 0.543. The van der Waals surface area contributed by atoms with Crippen LogP contribution in [0.1, 0.15) is 39.1 Å². The van der Waals surface area contributed by atoms with E-state index in [9.17, 15) is 27.6 Å². The van der Waals surface area contributed by atoms with Crippen molar-refractivity contribution in [1.82, 2.24) is 20.4 Å². The number of carbonyl (C=O) groups is 4. The summed E-state index contributed by atoms with van der Waals surface area (Å²) in [6.45, 7) is 2.45. The van der Waals surface area contributed by atoms with Gasteiger partial charge < -0.3 is 5.32 Å². The molecular weight excluding hydrogens is 424 g/mol. The molecule has 0 radical (unpaired) electrons. The van der Waals surface area contributed by atoms with E-state index < -0.39 is 39.5 Å². The summed E-state index contributed by atoms with van der Waals surface area (Å²) in [7, 11) is -3.10. The minimum Gasteiger partial charge on any atom is -0.310 e. The van der Waals surface area contributed by atoms with Gasteiger partial charge in [0.1, 0.15) is 15.9 Å². The molecule has 2 unspecified atom stereocenters. The number of fused-ring (bicyclic) bond motifs is 1. The monoisotopic (exact) mass is 448 g/mol. The van der Waals surface area contributed by atoms with Crippen molar-refractivity contribution in [3.8, 4) is 0 Å². The lowest BCUT2D eigenvalue weighted by molar-refractivity contribution is -0.136. The normalized spacial score (nSPS) is 25.0. The maximum Gasteiger partial charge on any atom is 0.262 e. The van der Waals surface area contributed by atoms with Crippen LogP contribution in [0.5, 0.6) is 0 Å². The number of benzene rings is 1. The fourth-order valence-electron chi connectivity index (χ4n) is 4.39. The minimum absolute atomic E-state index is 0.0571. The van der Waals surface area contributed by atoms with E-state index in [1.54, 1.807) is 18.2 Å². The maximum atomic E-state index is 12.9. The van der Waals surface area contributed by atoms with Crippen LogP contribution in [0.25, 0.3) is 0 Å². The van der Waals surface area contributed by atoms with Crippen LogP contribution in [0, 0.1) is 0 Å². The fourth-order valence-corrected chi connectivity index (χ4v) is 5.34. The zero-order chi connectivity index (χ0) is 22.3. The summed E-state index contributed by atoms with van der Waals surface area (Å²) in [6, 6.07) is 3.87. The standard InChI is InChI=1S/C20H24N4O6S/c1-31(29,30)11-13-10-23(7-6-21-13)9-12-2-3-14-15(8-12)20(28)24(19(14)27)16-4-5-17(25)22-18(16)26/h2-3,8,13,16,21H,4-7,9-11H2,1H3,(H,22,25,26). The van der Waals surface area contributed by atoms with Gasteiger partial charge in [-0.2, -0.15) is 0 Å². The number of carbonyl (C=O) groups excluding carboxylic acids is 4. The number of rotatable bonds is 5. The van der Waals surface area contributed by atoms with Crippen LogP contribution in [0.15, 0.2) is 18.2 Å². The smallest absolute Gasteiger partial charge is 0.262 e. The topological polar surface area (TPSA) is 133 Å². The molecule has 3 heterocycles. The van der Waals surface area contributed by atoms with Crippen LogP contribution in [0.4, 0.5) is 0 Å². The summed E-state index contributed by atoms with van der Waals surface area (Å²) < 4.78 is 23.2. The molecule has 3 aliphatic heterocycles. The van der Waals surface area contributed by atoms with Crippen molar-refractivity contribution in [3.05, 3.63) is 34.9 Å². The summed E-state index contributed by atoms with van der Waals surface area (Å²) in [5.74, 6) is -2.06. The number of nitrogens with zero attached hydrogens (tertiary/aromatic N) is 2. The molecule has 0 spiro atoms. The predicted molar refractivity (Wildman–Crippen MR) is 110 cm³/mol. The number of piperazine rings is 1. The van der Waals surface area contributed by atoms with Crippen molar-refractivity contribution in [2.24, 2.45) is 0 Å². The Kier molecular flexibility index (Phi) is 5.67. The Balaban J connectivity index is 1.48. The van der Waals surface area contributed by atoms with Crippen molar-refractivity contribution < 1.29 is 27.6 Å². The van der Waals surface area contributed by atoms with Gasteiger partial charge in [-0.1, -0.05) is 6.07 Å². The van der Waals surface area contributed by atoms with E-state index >= 15 is 0 Å². The highest BCUT2D eigenvalue weighted by molar-refractivity contribution is 7.90. The summed E-state index contributed by atoms with van der Waals surface area (Å²) >= 11 is 0. The lowest BCUT2D eigenvalue weighted by Gasteiger charge is -2.33.